The molecule has 3 N–H and O–H groups in total. The third-order valence-corrected chi connectivity index (χ3v) is 4.17. The molecule has 4 nitrogen and oxygen atoms in total. The highest BCUT2D eigenvalue weighted by Crippen LogP contribution is 2.32. The minimum atomic E-state index is 0.0978. The van der Waals surface area contributed by atoms with E-state index in [0.717, 1.165) is 23.6 Å². The Morgan fingerprint density at radius 3 is 2.68 bits per heavy atom. The quantitative estimate of drug-likeness (QED) is 0.634. The molecular weight excluding hydrogens is 236 g/mol. The molecule has 0 spiro atoms. The fourth-order valence-electron chi connectivity index (χ4n) is 2.97. The third kappa shape index (κ3) is 2.72. The maximum Gasteiger partial charge on any atom is 0.140 e. The van der Waals surface area contributed by atoms with Crippen LogP contribution in [-0.2, 0) is 0 Å². The first-order valence-corrected chi connectivity index (χ1v) is 6.98. The van der Waals surface area contributed by atoms with Gasteiger partial charge >= 0.3 is 0 Å². The number of hydrogen-bond donors (Lipinski definition) is 2. The Hall–Kier alpha value is -1.58. The number of amidine groups is 1. The fourth-order valence-corrected chi connectivity index (χ4v) is 2.97. The summed E-state index contributed by atoms with van der Waals surface area (Å²) in [5, 5.41) is 7.74. The molecule has 2 heterocycles. The van der Waals surface area contributed by atoms with E-state index in [4.69, 9.17) is 11.1 Å². The van der Waals surface area contributed by atoms with Gasteiger partial charge in [0.1, 0.15) is 11.7 Å². The van der Waals surface area contributed by atoms with Crippen molar-refractivity contribution >= 4 is 11.7 Å². The van der Waals surface area contributed by atoms with Gasteiger partial charge in [0.15, 0.2) is 0 Å². The summed E-state index contributed by atoms with van der Waals surface area (Å²) >= 11 is 0. The Kier molecular flexibility index (Phi) is 3.78. The van der Waals surface area contributed by atoms with Gasteiger partial charge in [-0.3, -0.25) is 5.41 Å². The molecule has 0 radical (unpaired) electrons. The molecule has 4 heteroatoms. The van der Waals surface area contributed by atoms with Crippen molar-refractivity contribution in [2.75, 3.05) is 11.4 Å². The van der Waals surface area contributed by atoms with Gasteiger partial charge in [0.25, 0.3) is 0 Å². The summed E-state index contributed by atoms with van der Waals surface area (Å²) in [5.41, 5.74) is 7.42. The summed E-state index contributed by atoms with van der Waals surface area (Å²) in [6, 6.07) is 4.27. The molecule has 1 aliphatic rings. The number of nitrogens with zero attached hydrogens (tertiary/aromatic N) is 2. The Bertz CT molecular complexity index is 483. The number of nitrogens with two attached hydrogens (primary N) is 1. The fraction of sp³-hybridized carbons (Fsp3) is 0.600. The lowest BCUT2D eigenvalue weighted by atomic mass is 9.86. The molecule has 19 heavy (non-hydrogen) atoms. The normalized spacial score (nSPS) is 27.4. The molecule has 1 fully saturated rings. The average molecular weight is 260 g/mol. The van der Waals surface area contributed by atoms with E-state index in [2.05, 4.69) is 30.7 Å². The highest BCUT2D eigenvalue weighted by Gasteiger charge is 2.31. The standard InChI is InChI=1S/C15H24N4/c1-9-7-10(2)12(4)19(8-9)15-13(14(16)17)6-5-11(3)18-15/h5-6,9-10,12H,7-8H2,1-4H3,(H3,16,17). The van der Waals surface area contributed by atoms with Crippen molar-refractivity contribution in [2.24, 2.45) is 17.6 Å². The zero-order valence-corrected chi connectivity index (χ0v) is 12.3. The van der Waals surface area contributed by atoms with Crippen molar-refractivity contribution in [2.45, 2.75) is 40.2 Å². The number of aromatic nitrogens is 1. The highest BCUT2D eigenvalue weighted by atomic mass is 15.2. The molecule has 1 aliphatic heterocycles. The largest absolute Gasteiger partial charge is 0.384 e. The minimum Gasteiger partial charge on any atom is -0.384 e. The van der Waals surface area contributed by atoms with Crippen LogP contribution >= 0.6 is 0 Å². The number of aryl methyl sites for hydroxylation is 1. The van der Waals surface area contributed by atoms with E-state index in [1.165, 1.54) is 6.42 Å². The molecule has 0 amide bonds. The van der Waals surface area contributed by atoms with E-state index >= 15 is 0 Å². The van der Waals surface area contributed by atoms with Crippen molar-refractivity contribution in [3.8, 4) is 0 Å². The van der Waals surface area contributed by atoms with E-state index < -0.39 is 0 Å². The van der Waals surface area contributed by atoms with E-state index in [1.54, 1.807) is 0 Å². The summed E-state index contributed by atoms with van der Waals surface area (Å²) in [7, 11) is 0. The third-order valence-electron chi connectivity index (χ3n) is 4.17. The Morgan fingerprint density at radius 1 is 1.37 bits per heavy atom. The smallest absolute Gasteiger partial charge is 0.140 e. The van der Waals surface area contributed by atoms with Gasteiger partial charge in [0.05, 0.1) is 5.56 Å². The van der Waals surface area contributed by atoms with Gasteiger partial charge in [-0.1, -0.05) is 13.8 Å². The van der Waals surface area contributed by atoms with Crippen LogP contribution in [0.1, 0.15) is 38.4 Å². The lowest BCUT2D eigenvalue weighted by Crippen LogP contribution is -2.47. The maximum absolute atomic E-state index is 7.74. The molecule has 0 saturated carbocycles. The molecule has 0 aromatic carbocycles. The molecule has 2 rings (SSSR count). The van der Waals surface area contributed by atoms with E-state index in [-0.39, 0.29) is 5.84 Å². The first-order chi connectivity index (χ1) is 8.90. The average Bonchev–Trinajstić information content (AvgIpc) is 2.33. The summed E-state index contributed by atoms with van der Waals surface area (Å²) < 4.78 is 0. The van der Waals surface area contributed by atoms with Crippen LogP contribution in [0, 0.1) is 24.2 Å². The van der Waals surface area contributed by atoms with Crippen molar-refractivity contribution < 1.29 is 0 Å². The molecule has 0 aliphatic carbocycles. The minimum absolute atomic E-state index is 0.0978. The monoisotopic (exact) mass is 260 g/mol. The zero-order valence-electron chi connectivity index (χ0n) is 12.3. The highest BCUT2D eigenvalue weighted by molar-refractivity contribution is 5.99. The van der Waals surface area contributed by atoms with Crippen LogP contribution in [-0.4, -0.2) is 23.4 Å². The van der Waals surface area contributed by atoms with Crippen LogP contribution in [0.5, 0.6) is 0 Å². The van der Waals surface area contributed by atoms with E-state index in [1.807, 2.05) is 19.1 Å². The Morgan fingerprint density at radius 2 is 2.05 bits per heavy atom. The lowest BCUT2D eigenvalue weighted by molar-refractivity contribution is 0.295. The number of piperidine rings is 1. The Labute approximate surface area is 115 Å². The van der Waals surface area contributed by atoms with Gasteiger partial charge in [0.2, 0.25) is 0 Å². The second-order valence-electron chi connectivity index (χ2n) is 5.95. The molecule has 0 bridgehead atoms. The predicted molar refractivity (Wildman–Crippen MR) is 79.7 cm³/mol. The first-order valence-electron chi connectivity index (χ1n) is 6.98. The second kappa shape index (κ2) is 5.19. The molecule has 3 atom stereocenters. The maximum atomic E-state index is 7.74. The second-order valence-corrected chi connectivity index (χ2v) is 5.95. The SMILES string of the molecule is Cc1ccc(C(=N)N)c(N2CC(C)CC(C)C2C)n1. The van der Waals surface area contributed by atoms with Gasteiger partial charge in [-0.2, -0.15) is 0 Å². The van der Waals surface area contributed by atoms with Crippen LogP contribution in [0.15, 0.2) is 12.1 Å². The van der Waals surface area contributed by atoms with E-state index in [0.29, 0.717) is 17.9 Å². The van der Waals surface area contributed by atoms with E-state index in [9.17, 15) is 0 Å². The predicted octanol–water partition coefficient (Wildman–Crippen LogP) is 2.54. The summed E-state index contributed by atoms with van der Waals surface area (Å²) in [4.78, 5) is 6.96. The van der Waals surface area contributed by atoms with Crippen molar-refractivity contribution in [3.63, 3.8) is 0 Å². The van der Waals surface area contributed by atoms with Gasteiger partial charge in [0, 0.05) is 18.3 Å². The molecule has 1 aromatic heterocycles. The number of nitrogen functional groups attached to an aromatic ring is 1. The number of pyridine rings is 1. The molecule has 104 valence electrons. The van der Waals surface area contributed by atoms with Crippen LogP contribution in [0.4, 0.5) is 5.82 Å². The van der Waals surface area contributed by atoms with Crippen LogP contribution < -0.4 is 10.6 Å². The van der Waals surface area contributed by atoms with Crippen molar-refractivity contribution in [3.05, 3.63) is 23.4 Å². The zero-order chi connectivity index (χ0) is 14.2. The van der Waals surface area contributed by atoms with Gasteiger partial charge in [-0.25, -0.2) is 4.98 Å². The molecule has 3 unspecified atom stereocenters. The summed E-state index contributed by atoms with van der Waals surface area (Å²) in [6.45, 7) is 9.77. The number of nitrogens with one attached hydrogen (secondary N) is 1. The van der Waals surface area contributed by atoms with Gasteiger partial charge in [-0.05, 0) is 44.2 Å². The van der Waals surface area contributed by atoms with Gasteiger partial charge in [-0.15, -0.1) is 0 Å². The van der Waals surface area contributed by atoms with Crippen LogP contribution in [0.2, 0.25) is 0 Å². The molecule has 1 saturated heterocycles. The molecular formula is C15H24N4. The van der Waals surface area contributed by atoms with Crippen LogP contribution in [0.3, 0.4) is 0 Å². The summed E-state index contributed by atoms with van der Waals surface area (Å²) in [5.74, 6) is 2.25. The molecule has 1 aromatic rings. The summed E-state index contributed by atoms with van der Waals surface area (Å²) in [6.07, 6.45) is 1.25. The number of hydrogen-bond acceptors (Lipinski definition) is 3. The number of anilines is 1. The van der Waals surface area contributed by atoms with Gasteiger partial charge < -0.3 is 10.6 Å². The van der Waals surface area contributed by atoms with Crippen LogP contribution in [0.25, 0.3) is 0 Å². The topological polar surface area (TPSA) is 66.0 Å². The number of rotatable bonds is 2. The lowest BCUT2D eigenvalue weighted by Gasteiger charge is -2.42. The Balaban J connectivity index is 2.44. The first kappa shape index (κ1) is 13.8. The van der Waals surface area contributed by atoms with Crippen molar-refractivity contribution in [1.82, 2.24) is 4.98 Å². The van der Waals surface area contributed by atoms with Crippen molar-refractivity contribution in [1.29, 1.82) is 5.41 Å².